The number of hydrogen-bond acceptors (Lipinski definition) is 2. The van der Waals surface area contributed by atoms with Gasteiger partial charge in [-0.25, -0.2) is 4.39 Å². The van der Waals surface area contributed by atoms with Crippen molar-refractivity contribution in [3.05, 3.63) is 101 Å². The van der Waals surface area contributed by atoms with Crippen molar-refractivity contribution in [2.24, 2.45) is 0 Å². The first-order valence-corrected chi connectivity index (χ1v) is 9.52. The van der Waals surface area contributed by atoms with Crippen LogP contribution >= 0.6 is 0 Å². The first-order chi connectivity index (χ1) is 14.5. The van der Waals surface area contributed by atoms with Crippen LogP contribution in [0.2, 0.25) is 0 Å². The second kappa shape index (κ2) is 8.21. The highest BCUT2D eigenvalue weighted by molar-refractivity contribution is 6.15. The fourth-order valence-corrected chi connectivity index (χ4v) is 3.25. The predicted molar refractivity (Wildman–Crippen MR) is 115 cm³/mol. The fraction of sp³-hybridized carbons (Fsp3) is 0.0833. The lowest BCUT2D eigenvalue weighted by Gasteiger charge is -2.09. The summed E-state index contributed by atoms with van der Waals surface area (Å²) < 4.78 is 13.1. The number of aromatic amines is 1. The maximum Gasteiger partial charge on any atom is 0.270 e. The molecule has 0 saturated carbocycles. The summed E-state index contributed by atoms with van der Waals surface area (Å²) in [4.78, 5) is 28.8. The molecule has 3 N–H and O–H groups in total. The Kier molecular flexibility index (Phi) is 5.30. The molecule has 0 radical (unpaired) electrons. The Bertz CT molecular complexity index is 1210. The van der Waals surface area contributed by atoms with Gasteiger partial charge in [0.2, 0.25) is 0 Å². The number of nitrogens with one attached hydrogen (secondary N) is 3. The number of aromatic nitrogens is 1. The molecule has 0 aliphatic carbocycles. The third-order valence-electron chi connectivity index (χ3n) is 4.82. The molecule has 0 spiro atoms. The van der Waals surface area contributed by atoms with Crippen molar-refractivity contribution in [1.82, 2.24) is 10.3 Å². The number of carbonyl (C=O) groups is 2. The lowest BCUT2D eigenvalue weighted by molar-refractivity contribution is 0.0947. The topological polar surface area (TPSA) is 74.0 Å². The summed E-state index contributed by atoms with van der Waals surface area (Å²) >= 11 is 0. The highest BCUT2D eigenvalue weighted by Crippen LogP contribution is 2.29. The summed E-state index contributed by atoms with van der Waals surface area (Å²) in [6, 6.07) is 20.5. The Balaban J connectivity index is 1.64. The number of rotatable bonds is 5. The molecule has 0 saturated heterocycles. The zero-order valence-corrected chi connectivity index (χ0v) is 16.3. The van der Waals surface area contributed by atoms with E-state index in [0.29, 0.717) is 11.3 Å². The van der Waals surface area contributed by atoms with E-state index in [1.807, 2.05) is 31.2 Å². The number of anilines is 1. The van der Waals surface area contributed by atoms with Gasteiger partial charge in [-0.2, -0.15) is 0 Å². The maximum atomic E-state index is 13.1. The molecule has 0 aliphatic heterocycles. The number of amides is 2. The van der Waals surface area contributed by atoms with Crippen LogP contribution in [0.3, 0.4) is 0 Å². The quantitative estimate of drug-likeness (QED) is 0.449. The third-order valence-corrected chi connectivity index (χ3v) is 4.82. The number of carbonyl (C=O) groups excluding carboxylic acids is 2. The summed E-state index contributed by atoms with van der Waals surface area (Å²) in [6.07, 6.45) is 0. The average molecular weight is 401 g/mol. The molecule has 0 atom stereocenters. The van der Waals surface area contributed by atoms with Gasteiger partial charge in [0.05, 0.1) is 5.69 Å². The van der Waals surface area contributed by atoms with Crippen LogP contribution in [-0.2, 0) is 6.54 Å². The molecule has 30 heavy (non-hydrogen) atoms. The lowest BCUT2D eigenvalue weighted by Crippen LogP contribution is -2.25. The van der Waals surface area contributed by atoms with Crippen molar-refractivity contribution in [2.45, 2.75) is 13.5 Å². The van der Waals surface area contributed by atoms with E-state index >= 15 is 0 Å². The van der Waals surface area contributed by atoms with E-state index in [0.717, 1.165) is 22.0 Å². The Morgan fingerprint density at radius 2 is 1.67 bits per heavy atom. The van der Waals surface area contributed by atoms with E-state index in [9.17, 15) is 14.0 Å². The minimum absolute atomic E-state index is 0.236. The SMILES string of the molecule is Cc1ccc2[nH]c(C(=O)NCc3ccc(F)cc3)c(NC(=O)c3ccccc3)c2c1. The van der Waals surface area contributed by atoms with E-state index in [2.05, 4.69) is 15.6 Å². The molecule has 6 heteroatoms. The summed E-state index contributed by atoms with van der Waals surface area (Å²) in [5, 5.41) is 6.46. The molecule has 2 amide bonds. The second-order valence-electron chi connectivity index (χ2n) is 7.05. The molecule has 1 heterocycles. The molecule has 0 aliphatic rings. The minimum Gasteiger partial charge on any atom is -0.349 e. The van der Waals surface area contributed by atoms with Crippen LogP contribution in [0.1, 0.15) is 32.0 Å². The van der Waals surface area contributed by atoms with Gasteiger partial charge in [0.15, 0.2) is 0 Å². The largest absolute Gasteiger partial charge is 0.349 e. The zero-order chi connectivity index (χ0) is 21.1. The molecule has 0 bridgehead atoms. The molecular formula is C24H20FN3O2. The van der Waals surface area contributed by atoms with Crippen molar-refractivity contribution in [3.63, 3.8) is 0 Å². The summed E-state index contributed by atoms with van der Waals surface area (Å²) in [6.45, 7) is 2.18. The van der Waals surface area contributed by atoms with Gasteiger partial charge in [0.1, 0.15) is 11.5 Å². The van der Waals surface area contributed by atoms with E-state index in [1.54, 1.807) is 36.4 Å². The normalized spacial score (nSPS) is 10.7. The Morgan fingerprint density at radius 3 is 2.40 bits per heavy atom. The maximum absolute atomic E-state index is 13.1. The van der Waals surface area contributed by atoms with Gasteiger partial charge in [0, 0.05) is 23.0 Å². The fourth-order valence-electron chi connectivity index (χ4n) is 3.25. The smallest absolute Gasteiger partial charge is 0.270 e. The highest BCUT2D eigenvalue weighted by Gasteiger charge is 2.20. The number of halogens is 1. The van der Waals surface area contributed by atoms with Crippen molar-refractivity contribution >= 4 is 28.4 Å². The molecule has 5 nitrogen and oxygen atoms in total. The average Bonchev–Trinajstić information content (AvgIpc) is 3.11. The van der Waals surface area contributed by atoms with Gasteiger partial charge in [-0.15, -0.1) is 0 Å². The molecule has 1 aromatic heterocycles. The van der Waals surface area contributed by atoms with Crippen molar-refractivity contribution in [3.8, 4) is 0 Å². The number of hydrogen-bond donors (Lipinski definition) is 3. The van der Waals surface area contributed by atoms with Crippen LogP contribution in [0, 0.1) is 12.7 Å². The molecule has 4 aromatic rings. The minimum atomic E-state index is -0.364. The van der Waals surface area contributed by atoms with Gasteiger partial charge in [0.25, 0.3) is 11.8 Å². The van der Waals surface area contributed by atoms with Gasteiger partial charge in [-0.1, -0.05) is 42.0 Å². The van der Waals surface area contributed by atoms with E-state index in [-0.39, 0.29) is 29.9 Å². The van der Waals surface area contributed by atoms with E-state index < -0.39 is 0 Å². The monoisotopic (exact) mass is 401 g/mol. The second-order valence-corrected chi connectivity index (χ2v) is 7.05. The number of aryl methyl sites for hydroxylation is 1. The zero-order valence-electron chi connectivity index (χ0n) is 16.3. The van der Waals surface area contributed by atoms with Crippen molar-refractivity contribution in [1.29, 1.82) is 0 Å². The molecule has 4 rings (SSSR count). The van der Waals surface area contributed by atoms with Crippen LogP contribution in [0.4, 0.5) is 10.1 Å². The van der Waals surface area contributed by atoms with Crippen molar-refractivity contribution < 1.29 is 14.0 Å². The van der Waals surface area contributed by atoms with Crippen LogP contribution < -0.4 is 10.6 Å². The summed E-state index contributed by atoms with van der Waals surface area (Å²) in [5.74, 6) is -0.996. The predicted octanol–water partition coefficient (Wildman–Crippen LogP) is 4.80. The number of fused-ring (bicyclic) bond motifs is 1. The van der Waals surface area contributed by atoms with Gasteiger partial charge < -0.3 is 15.6 Å². The first kappa shape index (κ1) is 19.4. The Hall–Kier alpha value is -3.93. The van der Waals surface area contributed by atoms with Gasteiger partial charge in [-0.3, -0.25) is 9.59 Å². The first-order valence-electron chi connectivity index (χ1n) is 9.52. The highest BCUT2D eigenvalue weighted by atomic mass is 19.1. The molecular weight excluding hydrogens is 381 g/mol. The van der Waals surface area contributed by atoms with Crippen LogP contribution in [-0.4, -0.2) is 16.8 Å². The van der Waals surface area contributed by atoms with Crippen LogP contribution in [0.15, 0.2) is 72.8 Å². The molecule has 0 unspecified atom stereocenters. The van der Waals surface area contributed by atoms with Crippen LogP contribution in [0.5, 0.6) is 0 Å². The third kappa shape index (κ3) is 4.07. The molecule has 0 fully saturated rings. The van der Waals surface area contributed by atoms with E-state index in [4.69, 9.17) is 0 Å². The van der Waals surface area contributed by atoms with E-state index in [1.165, 1.54) is 12.1 Å². The Morgan fingerprint density at radius 1 is 0.933 bits per heavy atom. The summed E-state index contributed by atoms with van der Waals surface area (Å²) in [5.41, 5.74) is 3.72. The molecule has 150 valence electrons. The summed E-state index contributed by atoms with van der Waals surface area (Å²) in [7, 11) is 0. The standard InChI is InChI=1S/C24H20FN3O2/c1-15-7-12-20-19(13-15)21(28-23(29)17-5-3-2-4-6-17)22(27-20)24(30)26-14-16-8-10-18(25)11-9-16/h2-13,27H,14H2,1H3,(H,26,30)(H,28,29). The Labute approximate surface area is 172 Å². The molecule has 3 aromatic carbocycles. The van der Waals surface area contributed by atoms with Gasteiger partial charge in [-0.05, 0) is 48.9 Å². The van der Waals surface area contributed by atoms with Crippen LogP contribution in [0.25, 0.3) is 10.9 Å². The number of benzene rings is 3. The lowest BCUT2D eigenvalue weighted by atomic mass is 10.1. The van der Waals surface area contributed by atoms with Crippen molar-refractivity contribution in [2.75, 3.05) is 5.32 Å². The van der Waals surface area contributed by atoms with Gasteiger partial charge >= 0.3 is 0 Å². The number of H-pyrrole nitrogens is 1.